The molecule has 0 aliphatic carbocycles. The number of para-hydroxylation sites is 1. The van der Waals surface area contributed by atoms with Crippen molar-refractivity contribution >= 4 is 11.7 Å². The lowest BCUT2D eigenvalue weighted by Gasteiger charge is -2.08. The summed E-state index contributed by atoms with van der Waals surface area (Å²) in [7, 11) is 1.60. The minimum Gasteiger partial charge on any atom is -0.478 e. The Labute approximate surface area is 82.5 Å². The van der Waals surface area contributed by atoms with Crippen molar-refractivity contribution in [1.82, 2.24) is 0 Å². The molecule has 76 valence electrons. The van der Waals surface area contributed by atoms with Gasteiger partial charge in [-0.05, 0) is 12.1 Å². The molecule has 0 aliphatic heterocycles. The van der Waals surface area contributed by atoms with Crippen molar-refractivity contribution in [2.24, 2.45) is 0 Å². The van der Waals surface area contributed by atoms with E-state index in [9.17, 15) is 4.79 Å². The number of ether oxygens (including phenoxy) is 1. The number of carboxylic acid groups (broad SMARTS) is 1. The third-order valence-electron chi connectivity index (χ3n) is 1.78. The quantitative estimate of drug-likeness (QED) is 0.698. The summed E-state index contributed by atoms with van der Waals surface area (Å²) in [6, 6.07) is 6.79. The number of methoxy groups -OCH3 is 1. The molecule has 0 radical (unpaired) electrons. The molecule has 0 aliphatic rings. The van der Waals surface area contributed by atoms with Gasteiger partial charge in [-0.25, -0.2) is 4.79 Å². The van der Waals surface area contributed by atoms with Crippen LogP contribution >= 0.6 is 0 Å². The second kappa shape index (κ2) is 5.24. The van der Waals surface area contributed by atoms with Gasteiger partial charge in [0.1, 0.15) is 0 Å². The molecule has 1 aromatic rings. The number of carboxylic acids is 1. The Morgan fingerprint density at radius 3 is 2.86 bits per heavy atom. The van der Waals surface area contributed by atoms with Crippen LogP contribution in [-0.4, -0.2) is 31.3 Å². The maximum Gasteiger partial charge on any atom is 0.337 e. The largest absolute Gasteiger partial charge is 0.478 e. The van der Waals surface area contributed by atoms with E-state index in [1.54, 1.807) is 31.4 Å². The normalized spacial score (nSPS) is 9.79. The molecule has 0 amide bonds. The Morgan fingerprint density at radius 2 is 2.21 bits per heavy atom. The second-order valence-corrected chi connectivity index (χ2v) is 2.77. The van der Waals surface area contributed by atoms with Crippen molar-refractivity contribution < 1.29 is 14.6 Å². The standard InChI is InChI=1S/C10H13NO3/c1-14-7-6-11-9-5-3-2-4-8(9)10(12)13/h2-5,11H,6-7H2,1H3,(H,12,13). The summed E-state index contributed by atoms with van der Waals surface area (Å²) in [5, 5.41) is 11.8. The predicted octanol–water partition coefficient (Wildman–Crippen LogP) is 1.44. The summed E-state index contributed by atoms with van der Waals surface area (Å²) in [6.07, 6.45) is 0. The van der Waals surface area contributed by atoms with Crippen LogP contribution in [0.2, 0.25) is 0 Å². The van der Waals surface area contributed by atoms with Crippen LogP contribution in [0, 0.1) is 0 Å². The van der Waals surface area contributed by atoms with Gasteiger partial charge in [-0.1, -0.05) is 12.1 Å². The van der Waals surface area contributed by atoms with E-state index in [2.05, 4.69) is 5.32 Å². The van der Waals surface area contributed by atoms with E-state index in [-0.39, 0.29) is 5.56 Å². The third kappa shape index (κ3) is 2.74. The van der Waals surface area contributed by atoms with Crippen molar-refractivity contribution in [2.75, 3.05) is 25.6 Å². The van der Waals surface area contributed by atoms with Crippen LogP contribution in [0.25, 0.3) is 0 Å². The molecule has 0 atom stereocenters. The third-order valence-corrected chi connectivity index (χ3v) is 1.78. The van der Waals surface area contributed by atoms with Crippen molar-refractivity contribution in [3.8, 4) is 0 Å². The van der Waals surface area contributed by atoms with Crippen LogP contribution in [0.4, 0.5) is 5.69 Å². The number of benzene rings is 1. The van der Waals surface area contributed by atoms with Crippen LogP contribution in [0.15, 0.2) is 24.3 Å². The average Bonchev–Trinajstić information content (AvgIpc) is 2.19. The molecule has 1 aromatic carbocycles. The number of hydrogen-bond acceptors (Lipinski definition) is 3. The van der Waals surface area contributed by atoms with Gasteiger partial charge in [-0.15, -0.1) is 0 Å². The zero-order valence-corrected chi connectivity index (χ0v) is 7.99. The second-order valence-electron chi connectivity index (χ2n) is 2.77. The molecule has 4 heteroatoms. The lowest BCUT2D eigenvalue weighted by molar-refractivity contribution is 0.0698. The van der Waals surface area contributed by atoms with E-state index in [0.29, 0.717) is 18.8 Å². The Morgan fingerprint density at radius 1 is 1.50 bits per heavy atom. The van der Waals surface area contributed by atoms with E-state index < -0.39 is 5.97 Å². The zero-order valence-electron chi connectivity index (χ0n) is 7.99. The molecule has 14 heavy (non-hydrogen) atoms. The van der Waals surface area contributed by atoms with Crippen LogP contribution in [0.5, 0.6) is 0 Å². The summed E-state index contributed by atoms with van der Waals surface area (Å²) in [5.41, 5.74) is 0.903. The van der Waals surface area contributed by atoms with E-state index in [1.807, 2.05) is 0 Å². The van der Waals surface area contributed by atoms with Gasteiger partial charge in [0.15, 0.2) is 0 Å². The fourth-order valence-electron chi connectivity index (χ4n) is 1.11. The first-order chi connectivity index (χ1) is 6.75. The summed E-state index contributed by atoms with van der Waals surface area (Å²) in [4.78, 5) is 10.8. The highest BCUT2D eigenvalue weighted by molar-refractivity contribution is 5.94. The van der Waals surface area contributed by atoms with Crippen LogP contribution in [0.3, 0.4) is 0 Å². The van der Waals surface area contributed by atoms with Gasteiger partial charge < -0.3 is 15.2 Å². The van der Waals surface area contributed by atoms with Crippen molar-refractivity contribution in [2.45, 2.75) is 0 Å². The maximum atomic E-state index is 10.8. The van der Waals surface area contributed by atoms with Gasteiger partial charge in [0.05, 0.1) is 12.2 Å². The SMILES string of the molecule is COCCNc1ccccc1C(=O)O. The first-order valence-electron chi connectivity index (χ1n) is 4.31. The van der Waals surface area contributed by atoms with Gasteiger partial charge >= 0.3 is 5.97 Å². The van der Waals surface area contributed by atoms with E-state index in [1.165, 1.54) is 0 Å². The summed E-state index contributed by atoms with van der Waals surface area (Å²) in [5.74, 6) is -0.925. The zero-order chi connectivity index (χ0) is 10.4. The fourth-order valence-corrected chi connectivity index (χ4v) is 1.11. The number of aromatic carboxylic acids is 1. The smallest absolute Gasteiger partial charge is 0.337 e. The van der Waals surface area contributed by atoms with Gasteiger partial charge in [-0.2, -0.15) is 0 Å². The van der Waals surface area contributed by atoms with Crippen molar-refractivity contribution in [1.29, 1.82) is 0 Å². The number of anilines is 1. The molecule has 0 spiro atoms. The molecule has 0 heterocycles. The Bertz CT molecular complexity index is 312. The molecule has 0 bridgehead atoms. The van der Waals surface area contributed by atoms with Crippen LogP contribution < -0.4 is 5.32 Å². The monoisotopic (exact) mass is 195 g/mol. The Hall–Kier alpha value is -1.55. The van der Waals surface area contributed by atoms with E-state index in [4.69, 9.17) is 9.84 Å². The van der Waals surface area contributed by atoms with Gasteiger partial charge in [-0.3, -0.25) is 0 Å². The number of rotatable bonds is 5. The molecular formula is C10H13NO3. The Balaban J connectivity index is 2.69. The highest BCUT2D eigenvalue weighted by Gasteiger charge is 2.07. The van der Waals surface area contributed by atoms with Gasteiger partial charge in [0.2, 0.25) is 0 Å². The van der Waals surface area contributed by atoms with Crippen molar-refractivity contribution in [3.63, 3.8) is 0 Å². The topological polar surface area (TPSA) is 58.6 Å². The van der Waals surface area contributed by atoms with E-state index >= 15 is 0 Å². The van der Waals surface area contributed by atoms with Crippen molar-refractivity contribution in [3.05, 3.63) is 29.8 Å². The fraction of sp³-hybridized carbons (Fsp3) is 0.300. The van der Waals surface area contributed by atoms with Gasteiger partial charge in [0, 0.05) is 19.3 Å². The summed E-state index contributed by atoms with van der Waals surface area (Å²) >= 11 is 0. The molecule has 1 rings (SSSR count). The molecule has 2 N–H and O–H groups in total. The van der Waals surface area contributed by atoms with E-state index in [0.717, 1.165) is 0 Å². The lowest BCUT2D eigenvalue weighted by Crippen LogP contribution is -2.11. The molecule has 0 saturated carbocycles. The molecule has 0 aromatic heterocycles. The van der Waals surface area contributed by atoms with Gasteiger partial charge in [0.25, 0.3) is 0 Å². The molecular weight excluding hydrogens is 182 g/mol. The first kappa shape index (κ1) is 10.5. The highest BCUT2D eigenvalue weighted by atomic mass is 16.5. The molecule has 0 unspecified atom stereocenters. The van der Waals surface area contributed by atoms with Crippen LogP contribution in [-0.2, 0) is 4.74 Å². The van der Waals surface area contributed by atoms with Crippen LogP contribution in [0.1, 0.15) is 10.4 Å². The summed E-state index contributed by atoms with van der Waals surface area (Å²) in [6.45, 7) is 1.15. The molecule has 0 saturated heterocycles. The Kier molecular flexibility index (Phi) is 3.94. The maximum absolute atomic E-state index is 10.8. The predicted molar refractivity (Wildman–Crippen MR) is 53.8 cm³/mol. The number of nitrogens with one attached hydrogen (secondary N) is 1. The first-order valence-corrected chi connectivity index (χ1v) is 4.31. The minimum atomic E-state index is -0.925. The molecule has 4 nitrogen and oxygen atoms in total. The number of hydrogen-bond donors (Lipinski definition) is 2. The summed E-state index contributed by atoms with van der Waals surface area (Å²) < 4.78 is 4.85. The average molecular weight is 195 g/mol. The minimum absolute atomic E-state index is 0.281. The molecule has 0 fully saturated rings. The highest BCUT2D eigenvalue weighted by Crippen LogP contribution is 2.14. The number of carbonyl (C=O) groups is 1. The lowest BCUT2D eigenvalue weighted by atomic mass is 10.2.